The van der Waals surface area contributed by atoms with E-state index in [2.05, 4.69) is 0 Å². The third kappa shape index (κ3) is 2.61. The van der Waals surface area contributed by atoms with E-state index in [1.165, 1.54) is 6.92 Å². The summed E-state index contributed by atoms with van der Waals surface area (Å²) in [6.07, 6.45) is 1.47. The lowest BCUT2D eigenvalue weighted by Crippen LogP contribution is -2.31. The van der Waals surface area contributed by atoms with Crippen molar-refractivity contribution in [2.75, 3.05) is 0 Å². The van der Waals surface area contributed by atoms with Gasteiger partial charge in [-0.05, 0) is 6.42 Å². The quantitative estimate of drug-likeness (QED) is 0.467. The van der Waals surface area contributed by atoms with Gasteiger partial charge < -0.3 is 9.94 Å². The largest absolute Gasteiger partial charge is 0.618 e. The predicted molar refractivity (Wildman–Crippen MR) is 55.7 cm³/mol. The standard InChI is InChI=1S/C10H11ClFNO3/c1-3-4-8(14)16-10-6(2)13(15)5-7(12)9(10)11/h5H,3-4H2,1-2H3. The lowest BCUT2D eigenvalue weighted by atomic mass is 10.3. The molecule has 0 aliphatic carbocycles. The highest BCUT2D eigenvalue weighted by Gasteiger charge is 2.21. The van der Waals surface area contributed by atoms with Crippen LogP contribution >= 0.6 is 11.6 Å². The monoisotopic (exact) mass is 247 g/mol. The number of hydrogen-bond acceptors (Lipinski definition) is 3. The summed E-state index contributed by atoms with van der Waals surface area (Å²) in [6.45, 7) is 3.20. The van der Waals surface area contributed by atoms with Crippen LogP contribution in [0.15, 0.2) is 6.20 Å². The first-order valence-electron chi connectivity index (χ1n) is 4.75. The van der Waals surface area contributed by atoms with E-state index in [0.29, 0.717) is 12.6 Å². The van der Waals surface area contributed by atoms with Gasteiger partial charge in [-0.2, -0.15) is 9.12 Å². The smallest absolute Gasteiger partial charge is 0.311 e. The number of rotatable bonds is 3. The van der Waals surface area contributed by atoms with Gasteiger partial charge in [-0.3, -0.25) is 4.79 Å². The highest BCUT2D eigenvalue weighted by Crippen LogP contribution is 2.28. The Labute approximate surface area is 97.2 Å². The summed E-state index contributed by atoms with van der Waals surface area (Å²) in [7, 11) is 0. The van der Waals surface area contributed by atoms with Crippen LogP contribution in [0.4, 0.5) is 4.39 Å². The summed E-state index contributed by atoms with van der Waals surface area (Å²) in [5.74, 6) is -1.67. The molecule has 1 aromatic heterocycles. The van der Waals surface area contributed by atoms with Crippen LogP contribution in [0.1, 0.15) is 25.5 Å². The van der Waals surface area contributed by atoms with E-state index in [1.54, 1.807) is 6.92 Å². The Morgan fingerprint density at radius 1 is 1.69 bits per heavy atom. The molecule has 0 radical (unpaired) electrons. The molecule has 0 aromatic carbocycles. The maximum absolute atomic E-state index is 13.1. The zero-order chi connectivity index (χ0) is 12.3. The van der Waals surface area contributed by atoms with Gasteiger partial charge in [0.2, 0.25) is 23.5 Å². The van der Waals surface area contributed by atoms with Crippen molar-refractivity contribution >= 4 is 17.6 Å². The first-order valence-corrected chi connectivity index (χ1v) is 5.13. The van der Waals surface area contributed by atoms with Crippen molar-refractivity contribution in [2.45, 2.75) is 26.7 Å². The summed E-state index contributed by atoms with van der Waals surface area (Å²) in [4.78, 5) is 11.2. The van der Waals surface area contributed by atoms with Crippen molar-refractivity contribution in [3.05, 3.63) is 27.9 Å². The van der Waals surface area contributed by atoms with Crippen LogP contribution in [0.25, 0.3) is 0 Å². The molecule has 6 heteroatoms. The molecule has 0 aliphatic heterocycles. The fraction of sp³-hybridized carbons (Fsp3) is 0.400. The molecule has 0 N–H and O–H groups in total. The van der Waals surface area contributed by atoms with Crippen LogP contribution in [0, 0.1) is 17.9 Å². The Hall–Kier alpha value is -1.36. The molecule has 0 saturated carbocycles. The summed E-state index contributed by atoms with van der Waals surface area (Å²) in [5.41, 5.74) is 0.0517. The zero-order valence-corrected chi connectivity index (χ0v) is 9.68. The molecule has 0 unspecified atom stereocenters. The second-order valence-corrected chi connectivity index (χ2v) is 3.63. The van der Waals surface area contributed by atoms with Crippen LogP contribution in [-0.2, 0) is 4.79 Å². The molecule has 88 valence electrons. The molecular weight excluding hydrogens is 237 g/mol. The SMILES string of the molecule is CCCC(=O)Oc1c(Cl)c(F)c[n+]([O-])c1C. The van der Waals surface area contributed by atoms with Crippen molar-refractivity contribution in [1.82, 2.24) is 0 Å². The van der Waals surface area contributed by atoms with Gasteiger partial charge in [0.05, 0.1) is 0 Å². The van der Waals surface area contributed by atoms with Crippen molar-refractivity contribution in [2.24, 2.45) is 0 Å². The van der Waals surface area contributed by atoms with Crippen LogP contribution < -0.4 is 9.47 Å². The van der Waals surface area contributed by atoms with Crippen LogP contribution in [0.3, 0.4) is 0 Å². The molecule has 0 atom stereocenters. The van der Waals surface area contributed by atoms with E-state index < -0.39 is 11.8 Å². The number of carbonyl (C=O) groups is 1. The number of hydrogen-bond donors (Lipinski definition) is 0. The highest BCUT2D eigenvalue weighted by molar-refractivity contribution is 6.32. The minimum Gasteiger partial charge on any atom is -0.618 e. The fourth-order valence-corrected chi connectivity index (χ4v) is 1.34. The normalized spacial score (nSPS) is 10.2. The Morgan fingerprint density at radius 2 is 2.31 bits per heavy atom. The second-order valence-electron chi connectivity index (χ2n) is 3.26. The molecule has 0 aliphatic rings. The van der Waals surface area contributed by atoms with Crippen molar-refractivity contribution < 1.29 is 18.7 Å². The average molecular weight is 248 g/mol. The average Bonchev–Trinajstić information content (AvgIpc) is 2.22. The lowest BCUT2D eigenvalue weighted by Gasteiger charge is -2.09. The Morgan fingerprint density at radius 3 is 2.88 bits per heavy atom. The first-order chi connectivity index (χ1) is 7.47. The van der Waals surface area contributed by atoms with Gasteiger partial charge in [-0.25, -0.2) is 0 Å². The Kier molecular flexibility index (Phi) is 4.06. The van der Waals surface area contributed by atoms with Gasteiger partial charge in [0.15, 0.2) is 0 Å². The maximum atomic E-state index is 13.1. The van der Waals surface area contributed by atoms with Gasteiger partial charge in [-0.1, -0.05) is 18.5 Å². The van der Waals surface area contributed by atoms with Gasteiger partial charge in [0, 0.05) is 13.3 Å². The van der Waals surface area contributed by atoms with Gasteiger partial charge >= 0.3 is 5.97 Å². The predicted octanol–water partition coefficient (Wildman–Crippen LogP) is 2.13. The molecule has 1 heterocycles. The molecule has 16 heavy (non-hydrogen) atoms. The van der Waals surface area contributed by atoms with Gasteiger partial charge in [0.1, 0.15) is 5.02 Å². The molecule has 4 nitrogen and oxygen atoms in total. The highest BCUT2D eigenvalue weighted by atomic mass is 35.5. The van der Waals surface area contributed by atoms with Crippen molar-refractivity contribution in [3.8, 4) is 5.75 Å². The molecule has 0 spiro atoms. The molecule has 1 rings (SSSR count). The summed E-state index contributed by atoms with van der Waals surface area (Å²) in [6, 6.07) is 0. The number of pyridine rings is 1. The van der Waals surface area contributed by atoms with Crippen molar-refractivity contribution in [3.63, 3.8) is 0 Å². The lowest BCUT2D eigenvalue weighted by molar-refractivity contribution is -0.614. The molecule has 0 bridgehead atoms. The number of nitrogens with zero attached hydrogens (tertiary/aromatic N) is 1. The fourth-order valence-electron chi connectivity index (χ4n) is 1.11. The minimum atomic E-state index is -0.915. The number of halogens is 2. The first kappa shape index (κ1) is 12.7. The molecule has 0 amide bonds. The molecule has 0 fully saturated rings. The molecule has 1 aromatic rings. The number of ether oxygens (including phenoxy) is 1. The molecular formula is C10H11ClFNO3. The number of esters is 1. The van der Waals surface area contributed by atoms with Crippen molar-refractivity contribution in [1.29, 1.82) is 0 Å². The molecule has 0 saturated heterocycles. The van der Waals surface area contributed by atoms with Crippen LogP contribution in [0.2, 0.25) is 5.02 Å². The summed E-state index contributed by atoms with van der Waals surface area (Å²) < 4.78 is 18.2. The van der Waals surface area contributed by atoms with Gasteiger partial charge in [-0.15, -0.1) is 0 Å². The Bertz CT molecular complexity index is 397. The summed E-state index contributed by atoms with van der Waals surface area (Å²) >= 11 is 5.61. The van der Waals surface area contributed by atoms with Crippen LogP contribution in [-0.4, -0.2) is 5.97 Å². The van der Waals surface area contributed by atoms with E-state index in [4.69, 9.17) is 16.3 Å². The maximum Gasteiger partial charge on any atom is 0.311 e. The third-order valence-electron chi connectivity index (χ3n) is 1.97. The van der Waals surface area contributed by atoms with Gasteiger partial charge in [0.25, 0.3) is 0 Å². The summed E-state index contributed by atoms with van der Waals surface area (Å²) in [5, 5.41) is 10.8. The van der Waals surface area contributed by atoms with E-state index in [9.17, 15) is 14.4 Å². The second kappa shape index (κ2) is 5.12. The minimum absolute atomic E-state index is 0.0517. The Balaban J connectivity index is 3.07. The zero-order valence-electron chi connectivity index (χ0n) is 8.92. The topological polar surface area (TPSA) is 53.2 Å². The van der Waals surface area contributed by atoms with E-state index >= 15 is 0 Å². The number of aromatic nitrogens is 1. The van der Waals surface area contributed by atoms with E-state index in [1.807, 2.05) is 0 Å². The number of carbonyl (C=O) groups excluding carboxylic acids is 1. The van der Waals surface area contributed by atoms with E-state index in [0.717, 1.165) is 0 Å². The third-order valence-corrected chi connectivity index (χ3v) is 2.32. The van der Waals surface area contributed by atoms with E-state index in [-0.39, 0.29) is 27.6 Å². The van der Waals surface area contributed by atoms with Crippen LogP contribution in [0.5, 0.6) is 5.75 Å².